The van der Waals surface area contributed by atoms with Gasteiger partial charge in [-0.2, -0.15) is 26.3 Å². The molecule has 1 atom stereocenters. The topological polar surface area (TPSA) is 49.4 Å². The number of benzene rings is 4. The second-order valence-corrected chi connectivity index (χ2v) is 9.99. The summed E-state index contributed by atoms with van der Waals surface area (Å²) in [6.07, 6.45) is -9.81. The summed E-state index contributed by atoms with van der Waals surface area (Å²) in [5.41, 5.74) is -1.68. The van der Waals surface area contributed by atoms with E-state index < -0.39 is 46.9 Å². The normalized spacial score (nSPS) is 12.4. The molecule has 0 saturated heterocycles. The number of nitrogens with zero attached hydrogens (tertiary/aromatic N) is 1. The number of alkyl halides is 6. The second-order valence-electron chi connectivity index (χ2n) is 9.99. The van der Waals surface area contributed by atoms with Crippen molar-refractivity contribution in [2.24, 2.45) is 0 Å². The molecule has 1 N–H and O–H groups in total. The first kappa shape index (κ1) is 31.3. The first-order chi connectivity index (χ1) is 20.4. The van der Waals surface area contributed by atoms with Crippen LogP contribution in [0.2, 0.25) is 0 Å². The van der Waals surface area contributed by atoms with Gasteiger partial charge < -0.3 is 10.2 Å². The van der Waals surface area contributed by atoms with Crippen LogP contribution in [-0.2, 0) is 36.5 Å². The molecule has 0 aliphatic carbocycles. The van der Waals surface area contributed by atoms with Gasteiger partial charge in [0.2, 0.25) is 5.91 Å². The van der Waals surface area contributed by atoms with Crippen molar-refractivity contribution in [2.45, 2.75) is 37.8 Å². The van der Waals surface area contributed by atoms with Crippen molar-refractivity contribution in [1.29, 1.82) is 0 Å². The number of halogens is 6. The van der Waals surface area contributed by atoms with Crippen LogP contribution in [0.4, 0.5) is 26.3 Å². The lowest BCUT2D eigenvalue weighted by Gasteiger charge is -2.29. The van der Waals surface area contributed by atoms with E-state index in [1.165, 1.54) is 4.90 Å². The van der Waals surface area contributed by atoms with Crippen LogP contribution in [0, 0.1) is 0 Å². The molecule has 0 radical (unpaired) electrons. The highest BCUT2D eigenvalue weighted by Gasteiger charge is 2.38. The summed E-state index contributed by atoms with van der Waals surface area (Å²) in [5, 5.41) is 2.44. The molecule has 2 amide bonds. The van der Waals surface area contributed by atoms with Crippen LogP contribution in [-0.4, -0.2) is 29.3 Å². The van der Waals surface area contributed by atoms with E-state index >= 15 is 0 Å². The quantitative estimate of drug-likeness (QED) is 0.194. The molecule has 0 heterocycles. The third-order valence-electron chi connectivity index (χ3n) is 6.78. The van der Waals surface area contributed by atoms with Gasteiger partial charge in [-0.3, -0.25) is 9.59 Å². The largest absolute Gasteiger partial charge is 0.416 e. The van der Waals surface area contributed by atoms with Crippen molar-refractivity contribution in [3.05, 3.63) is 143 Å². The Bertz CT molecular complexity index is 1480. The minimum absolute atomic E-state index is 0.0346. The van der Waals surface area contributed by atoms with Gasteiger partial charge in [0.1, 0.15) is 6.04 Å². The van der Waals surface area contributed by atoms with Gasteiger partial charge in [0, 0.05) is 25.1 Å². The minimum Gasteiger partial charge on any atom is -0.340 e. The Labute approximate surface area is 245 Å². The van der Waals surface area contributed by atoms with E-state index in [2.05, 4.69) is 5.32 Å². The Morgan fingerprint density at radius 2 is 1.12 bits per heavy atom. The summed E-state index contributed by atoms with van der Waals surface area (Å²) in [7, 11) is 0. The Kier molecular flexibility index (Phi) is 9.90. The van der Waals surface area contributed by atoms with Gasteiger partial charge in [-0.25, -0.2) is 0 Å². The Balaban J connectivity index is 1.67. The van der Waals surface area contributed by atoms with Crippen LogP contribution in [0.15, 0.2) is 109 Å². The highest BCUT2D eigenvalue weighted by molar-refractivity contribution is 5.98. The van der Waals surface area contributed by atoms with E-state index in [1.54, 1.807) is 30.3 Å². The predicted molar refractivity (Wildman–Crippen MR) is 150 cm³/mol. The van der Waals surface area contributed by atoms with Crippen molar-refractivity contribution >= 4 is 11.8 Å². The molecule has 0 saturated carbocycles. The first-order valence-corrected chi connectivity index (χ1v) is 13.4. The predicted octanol–water partition coefficient (Wildman–Crippen LogP) is 7.34. The van der Waals surface area contributed by atoms with Gasteiger partial charge in [0.05, 0.1) is 11.1 Å². The van der Waals surface area contributed by atoms with E-state index in [4.69, 9.17) is 0 Å². The van der Waals surface area contributed by atoms with Gasteiger partial charge in [-0.05, 0) is 41.3 Å². The number of amides is 2. The summed E-state index contributed by atoms with van der Waals surface area (Å²) in [6, 6.07) is 26.5. The maximum atomic E-state index is 14.0. The molecule has 0 aliphatic heterocycles. The van der Waals surface area contributed by atoms with Gasteiger partial charge in [0.25, 0.3) is 5.91 Å². The second kappa shape index (κ2) is 13.6. The zero-order chi connectivity index (χ0) is 31.0. The van der Waals surface area contributed by atoms with E-state index in [1.807, 2.05) is 60.7 Å². The molecule has 0 spiro atoms. The standard InChI is InChI=1S/C33H28F6N2O2/c34-32(35,36)27-19-26(20-28(21-27)33(37,38)39)30(42)40-29(18-24-12-6-2-7-13-24)31(43)41(22-25-14-8-3-9-15-25)17-16-23-10-4-1-5-11-23/h1-15,19-21,29H,16-18,22H2,(H,40,42). The van der Waals surface area contributed by atoms with Gasteiger partial charge in [0.15, 0.2) is 0 Å². The smallest absolute Gasteiger partial charge is 0.340 e. The van der Waals surface area contributed by atoms with Crippen LogP contribution in [0.3, 0.4) is 0 Å². The van der Waals surface area contributed by atoms with Crippen LogP contribution in [0.25, 0.3) is 0 Å². The molecular weight excluding hydrogens is 570 g/mol. The van der Waals surface area contributed by atoms with Gasteiger partial charge in [-0.15, -0.1) is 0 Å². The van der Waals surface area contributed by atoms with Crippen LogP contribution >= 0.6 is 0 Å². The number of nitrogens with one attached hydrogen (secondary N) is 1. The molecular formula is C33H28F6N2O2. The molecule has 224 valence electrons. The molecule has 43 heavy (non-hydrogen) atoms. The summed E-state index contributed by atoms with van der Waals surface area (Å²) >= 11 is 0. The Morgan fingerprint density at radius 1 is 0.651 bits per heavy atom. The fraction of sp³-hybridized carbons (Fsp3) is 0.212. The molecule has 4 aromatic carbocycles. The van der Waals surface area contributed by atoms with Crippen molar-refractivity contribution in [3.8, 4) is 0 Å². The Hall–Kier alpha value is -4.60. The molecule has 4 nitrogen and oxygen atoms in total. The summed E-state index contributed by atoms with van der Waals surface area (Å²) in [4.78, 5) is 28.8. The molecule has 10 heteroatoms. The van der Waals surface area contributed by atoms with Crippen LogP contribution in [0.5, 0.6) is 0 Å². The molecule has 1 unspecified atom stereocenters. The summed E-state index contributed by atoms with van der Waals surface area (Å²) in [5.74, 6) is -1.76. The number of hydrogen-bond donors (Lipinski definition) is 1. The maximum absolute atomic E-state index is 14.0. The molecule has 0 aliphatic rings. The fourth-order valence-corrected chi connectivity index (χ4v) is 4.58. The number of carbonyl (C=O) groups excluding carboxylic acids is 2. The van der Waals surface area contributed by atoms with E-state index in [-0.39, 0.29) is 25.6 Å². The lowest BCUT2D eigenvalue weighted by molar-refractivity contribution is -0.143. The summed E-state index contributed by atoms with van der Waals surface area (Å²) in [6.45, 7) is 0.427. The highest BCUT2D eigenvalue weighted by Crippen LogP contribution is 2.36. The van der Waals surface area contributed by atoms with Crippen molar-refractivity contribution < 1.29 is 35.9 Å². The van der Waals surface area contributed by atoms with Gasteiger partial charge >= 0.3 is 12.4 Å². The minimum atomic E-state index is -5.13. The lowest BCUT2D eigenvalue weighted by atomic mass is 10.0. The number of carbonyl (C=O) groups is 2. The van der Waals surface area contributed by atoms with Crippen LogP contribution < -0.4 is 5.32 Å². The average Bonchev–Trinajstić information content (AvgIpc) is 2.99. The number of hydrogen-bond acceptors (Lipinski definition) is 2. The third-order valence-corrected chi connectivity index (χ3v) is 6.78. The SMILES string of the molecule is O=C(NC(Cc1ccccc1)C(=O)N(CCc1ccccc1)Cc1ccccc1)c1cc(C(F)(F)F)cc(C(F)(F)F)c1. The van der Waals surface area contributed by atoms with Crippen molar-refractivity contribution in [1.82, 2.24) is 10.2 Å². The number of rotatable bonds is 10. The maximum Gasteiger partial charge on any atom is 0.416 e. The molecule has 0 aromatic heterocycles. The Morgan fingerprint density at radius 3 is 1.60 bits per heavy atom. The lowest BCUT2D eigenvalue weighted by Crippen LogP contribution is -2.50. The van der Waals surface area contributed by atoms with Crippen molar-refractivity contribution in [2.75, 3.05) is 6.54 Å². The van der Waals surface area contributed by atoms with E-state index in [0.717, 1.165) is 11.1 Å². The monoisotopic (exact) mass is 598 g/mol. The third kappa shape index (κ3) is 8.94. The first-order valence-electron chi connectivity index (χ1n) is 13.4. The molecule has 4 aromatic rings. The van der Waals surface area contributed by atoms with Crippen LogP contribution in [0.1, 0.15) is 38.2 Å². The molecule has 0 fully saturated rings. The zero-order valence-corrected chi connectivity index (χ0v) is 22.8. The fourth-order valence-electron chi connectivity index (χ4n) is 4.58. The van der Waals surface area contributed by atoms with E-state index in [0.29, 0.717) is 24.1 Å². The average molecular weight is 599 g/mol. The van der Waals surface area contributed by atoms with E-state index in [9.17, 15) is 35.9 Å². The van der Waals surface area contributed by atoms with Gasteiger partial charge in [-0.1, -0.05) is 91.0 Å². The van der Waals surface area contributed by atoms with Crippen molar-refractivity contribution in [3.63, 3.8) is 0 Å². The molecule has 0 bridgehead atoms. The summed E-state index contributed by atoms with van der Waals surface area (Å²) < 4.78 is 80.7. The highest BCUT2D eigenvalue weighted by atomic mass is 19.4. The zero-order valence-electron chi connectivity index (χ0n) is 22.8. The molecule has 4 rings (SSSR count).